The molecule has 0 atom stereocenters. The van der Waals surface area contributed by atoms with Crippen molar-refractivity contribution in [2.24, 2.45) is 5.92 Å². The lowest BCUT2D eigenvalue weighted by Crippen LogP contribution is -1.97. The van der Waals surface area contributed by atoms with Gasteiger partial charge < -0.3 is 4.74 Å². The second-order valence-electron chi connectivity index (χ2n) is 4.05. The monoisotopic (exact) mass is 218 g/mol. The lowest BCUT2D eigenvalue weighted by atomic mass is 9.99. The molecule has 1 aromatic carbocycles. The van der Waals surface area contributed by atoms with Gasteiger partial charge in [-0.25, -0.2) is 0 Å². The molecule has 0 N–H and O–H groups in total. The molecule has 0 aliphatic heterocycles. The Balaban J connectivity index is 3.07. The number of hydrogen-bond donors (Lipinski definition) is 0. The number of allylic oxidation sites excluding steroid dienone is 1. The largest absolute Gasteiger partial charge is 0.380 e. The van der Waals surface area contributed by atoms with Crippen molar-refractivity contribution >= 4 is 12.4 Å². The van der Waals surface area contributed by atoms with E-state index < -0.39 is 0 Å². The van der Waals surface area contributed by atoms with E-state index in [4.69, 9.17) is 4.74 Å². The van der Waals surface area contributed by atoms with Crippen molar-refractivity contribution in [3.05, 3.63) is 41.0 Å². The number of carbonyl (C=O) groups is 1. The fraction of sp³-hybridized carbons (Fsp3) is 0.357. The van der Waals surface area contributed by atoms with Crippen molar-refractivity contribution in [3.63, 3.8) is 0 Å². The summed E-state index contributed by atoms with van der Waals surface area (Å²) in [5, 5.41) is 0. The summed E-state index contributed by atoms with van der Waals surface area (Å²) in [5.74, 6) is 0.244. The number of hydrogen-bond acceptors (Lipinski definition) is 2. The van der Waals surface area contributed by atoms with Crippen LogP contribution in [0, 0.1) is 5.92 Å². The lowest BCUT2D eigenvalue weighted by Gasteiger charge is -2.07. The van der Waals surface area contributed by atoms with Gasteiger partial charge in [-0.05, 0) is 28.7 Å². The van der Waals surface area contributed by atoms with E-state index in [9.17, 15) is 4.79 Å². The summed E-state index contributed by atoms with van der Waals surface area (Å²) in [5.41, 5.74) is 2.97. The third-order valence-electron chi connectivity index (χ3n) is 2.48. The van der Waals surface area contributed by atoms with Crippen LogP contribution in [0.25, 0.3) is 6.08 Å². The minimum absolute atomic E-state index is 0.244. The van der Waals surface area contributed by atoms with Gasteiger partial charge in [0, 0.05) is 7.11 Å². The van der Waals surface area contributed by atoms with Crippen LogP contribution in [0.1, 0.15) is 25.0 Å². The van der Waals surface area contributed by atoms with E-state index >= 15 is 0 Å². The van der Waals surface area contributed by atoms with Crippen molar-refractivity contribution < 1.29 is 9.53 Å². The van der Waals surface area contributed by atoms with E-state index in [0.29, 0.717) is 6.61 Å². The summed E-state index contributed by atoms with van der Waals surface area (Å²) in [6, 6.07) is 7.95. The van der Waals surface area contributed by atoms with E-state index in [0.717, 1.165) is 23.0 Å². The highest BCUT2D eigenvalue weighted by Gasteiger charge is 2.04. The average Bonchev–Trinajstić information content (AvgIpc) is 2.27. The van der Waals surface area contributed by atoms with Gasteiger partial charge in [0.2, 0.25) is 0 Å². The maximum absolute atomic E-state index is 10.9. The molecule has 0 fully saturated rings. The summed E-state index contributed by atoms with van der Waals surface area (Å²) in [6.07, 6.45) is 2.86. The van der Waals surface area contributed by atoms with Crippen LogP contribution in [0.2, 0.25) is 0 Å². The van der Waals surface area contributed by atoms with Crippen LogP contribution in [0.4, 0.5) is 0 Å². The molecule has 0 spiro atoms. The SMILES string of the molecule is COCc1ccccc1C=C(C=O)C(C)C. The van der Waals surface area contributed by atoms with Crippen LogP contribution in [0.5, 0.6) is 0 Å². The molecule has 0 amide bonds. The van der Waals surface area contributed by atoms with Gasteiger partial charge >= 0.3 is 0 Å². The van der Waals surface area contributed by atoms with Gasteiger partial charge in [0.1, 0.15) is 6.29 Å². The molecule has 0 aliphatic carbocycles. The Morgan fingerprint density at radius 1 is 1.38 bits per heavy atom. The normalized spacial score (nSPS) is 11.9. The maximum atomic E-state index is 10.9. The highest BCUT2D eigenvalue weighted by Crippen LogP contribution is 2.17. The van der Waals surface area contributed by atoms with Crippen LogP contribution in [-0.4, -0.2) is 13.4 Å². The van der Waals surface area contributed by atoms with Gasteiger partial charge in [-0.1, -0.05) is 38.1 Å². The maximum Gasteiger partial charge on any atom is 0.146 e. The molecule has 2 nitrogen and oxygen atoms in total. The smallest absolute Gasteiger partial charge is 0.146 e. The zero-order chi connectivity index (χ0) is 12.0. The second kappa shape index (κ2) is 6.23. The zero-order valence-electron chi connectivity index (χ0n) is 10.1. The first-order valence-corrected chi connectivity index (χ1v) is 5.42. The Hall–Kier alpha value is -1.41. The number of methoxy groups -OCH3 is 1. The highest BCUT2D eigenvalue weighted by molar-refractivity contribution is 5.82. The molecule has 0 aromatic heterocycles. The van der Waals surface area contributed by atoms with Crippen molar-refractivity contribution in [1.29, 1.82) is 0 Å². The predicted octanol–water partition coefficient (Wildman–Crippen LogP) is 3.07. The number of rotatable bonds is 5. The first kappa shape index (κ1) is 12.7. The molecule has 0 bridgehead atoms. The van der Waals surface area contributed by atoms with E-state index in [1.54, 1.807) is 7.11 Å². The molecule has 1 rings (SSSR count). The molecule has 0 saturated heterocycles. The van der Waals surface area contributed by atoms with E-state index in [2.05, 4.69) is 0 Å². The second-order valence-corrected chi connectivity index (χ2v) is 4.05. The molecule has 1 aromatic rings. The number of aldehydes is 1. The molecular formula is C14H18O2. The minimum atomic E-state index is 0.244. The molecule has 2 heteroatoms. The van der Waals surface area contributed by atoms with Gasteiger partial charge in [-0.3, -0.25) is 4.79 Å². The molecule has 0 heterocycles. The van der Waals surface area contributed by atoms with Crippen molar-refractivity contribution in [2.45, 2.75) is 20.5 Å². The molecule has 86 valence electrons. The highest BCUT2D eigenvalue weighted by atomic mass is 16.5. The molecule has 0 radical (unpaired) electrons. The summed E-state index contributed by atoms with van der Waals surface area (Å²) < 4.78 is 5.13. The third kappa shape index (κ3) is 3.31. The summed E-state index contributed by atoms with van der Waals surface area (Å²) in [4.78, 5) is 10.9. The summed E-state index contributed by atoms with van der Waals surface area (Å²) in [7, 11) is 1.67. The Morgan fingerprint density at radius 2 is 2.06 bits per heavy atom. The van der Waals surface area contributed by atoms with E-state index in [-0.39, 0.29) is 5.92 Å². The first-order valence-electron chi connectivity index (χ1n) is 5.42. The van der Waals surface area contributed by atoms with Crippen LogP contribution in [0.3, 0.4) is 0 Å². The zero-order valence-corrected chi connectivity index (χ0v) is 10.1. The van der Waals surface area contributed by atoms with Crippen LogP contribution < -0.4 is 0 Å². The van der Waals surface area contributed by atoms with Crippen LogP contribution in [-0.2, 0) is 16.1 Å². The van der Waals surface area contributed by atoms with Gasteiger partial charge in [0.25, 0.3) is 0 Å². The minimum Gasteiger partial charge on any atom is -0.380 e. The summed E-state index contributed by atoms with van der Waals surface area (Å²) in [6.45, 7) is 4.59. The van der Waals surface area contributed by atoms with Gasteiger partial charge in [0.15, 0.2) is 0 Å². The molecule has 0 unspecified atom stereocenters. The standard InChI is InChI=1S/C14H18O2/c1-11(2)14(9-15)8-12-6-4-5-7-13(12)10-16-3/h4-9,11H,10H2,1-3H3. The fourth-order valence-electron chi connectivity index (χ4n) is 1.48. The number of carbonyl (C=O) groups excluding carboxylic acids is 1. The lowest BCUT2D eigenvalue weighted by molar-refractivity contribution is -0.105. The fourth-order valence-corrected chi connectivity index (χ4v) is 1.48. The van der Waals surface area contributed by atoms with Crippen LogP contribution in [0.15, 0.2) is 29.8 Å². The number of ether oxygens (including phenoxy) is 1. The quantitative estimate of drug-likeness (QED) is 0.561. The Bertz CT molecular complexity index is 378. The summed E-state index contributed by atoms with van der Waals surface area (Å²) >= 11 is 0. The van der Waals surface area contributed by atoms with E-state index in [1.165, 1.54) is 0 Å². The van der Waals surface area contributed by atoms with E-state index in [1.807, 2.05) is 44.2 Å². The Labute approximate surface area is 96.9 Å². The molecule has 16 heavy (non-hydrogen) atoms. The van der Waals surface area contributed by atoms with Gasteiger partial charge in [-0.15, -0.1) is 0 Å². The third-order valence-corrected chi connectivity index (χ3v) is 2.48. The van der Waals surface area contributed by atoms with Crippen molar-refractivity contribution in [3.8, 4) is 0 Å². The van der Waals surface area contributed by atoms with Crippen molar-refractivity contribution in [2.75, 3.05) is 7.11 Å². The Morgan fingerprint density at radius 3 is 2.62 bits per heavy atom. The topological polar surface area (TPSA) is 26.3 Å². The van der Waals surface area contributed by atoms with Crippen LogP contribution >= 0.6 is 0 Å². The predicted molar refractivity (Wildman–Crippen MR) is 66.0 cm³/mol. The molecule has 0 aliphatic rings. The average molecular weight is 218 g/mol. The number of benzene rings is 1. The van der Waals surface area contributed by atoms with Gasteiger partial charge in [0.05, 0.1) is 6.61 Å². The molecular weight excluding hydrogens is 200 g/mol. The molecule has 0 saturated carbocycles. The first-order chi connectivity index (χ1) is 7.69. The Kier molecular flexibility index (Phi) is 4.93. The van der Waals surface area contributed by atoms with Crippen molar-refractivity contribution in [1.82, 2.24) is 0 Å². The van der Waals surface area contributed by atoms with Gasteiger partial charge in [-0.2, -0.15) is 0 Å².